The summed E-state index contributed by atoms with van der Waals surface area (Å²) in [5.74, 6) is -0.697. The van der Waals surface area contributed by atoms with Crippen LogP contribution in [0.1, 0.15) is 49.6 Å². The third-order valence-corrected chi connectivity index (χ3v) is 6.28. The molecule has 2 unspecified atom stereocenters. The van der Waals surface area contributed by atoms with Crippen LogP contribution in [0.2, 0.25) is 0 Å². The monoisotopic (exact) mass is 434 g/mol. The minimum Gasteiger partial charge on any atom is -0.302 e. The van der Waals surface area contributed by atoms with E-state index in [0.29, 0.717) is 16.7 Å². The lowest BCUT2D eigenvalue weighted by molar-refractivity contribution is 0.0635. The molecular formula is C22H12BrFN2O2. The summed E-state index contributed by atoms with van der Waals surface area (Å²) in [4.78, 5) is 30.0. The van der Waals surface area contributed by atoms with Crippen molar-refractivity contribution in [2.24, 2.45) is 0 Å². The van der Waals surface area contributed by atoms with Crippen LogP contribution < -0.4 is 4.90 Å². The average molecular weight is 435 g/mol. The number of carbonyl (C=O) groups excluding carboxylic acids is 2. The van der Waals surface area contributed by atoms with Crippen molar-refractivity contribution in [3.05, 3.63) is 98.8 Å². The lowest BCUT2D eigenvalue weighted by Gasteiger charge is -2.43. The van der Waals surface area contributed by atoms with Crippen LogP contribution in [0.4, 0.5) is 10.1 Å². The molecule has 2 amide bonds. The van der Waals surface area contributed by atoms with Crippen LogP contribution in [-0.2, 0) is 0 Å². The summed E-state index contributed by atoms with van der Waals surface area (Å²) in [6, 6.07) is 16.9. The second-order valence-electron chi connectivity index (χ2n) is 7.19. The van der Waals surface area contributed by atoms with Crippen molar-refractivity contribution in [2.45, 2.75) is 12.2 Å². The second-order valence-corrected chi connectivity index (χ2v) is 8.10. The molecule has 0 fully saturated rings. The molecule has 3 heterocycles. The molecule has 0 saturated heterocycles. The molecular weight excluding hydrogens is 423 g/mol. The summed E-state index contributed by atoms with van der Waals surface area (Å²) >= 11 is 3.48. The van der Waals surface area contributed by atoms with Crippen molar-refractivity contribution >= 4 is 33.4 Å². The minimum absolute atomic E-state index is 0.131. The number of halogens is 2. The smallest absolute Gasteiger partial charge is 0.260 e. The van der Waals surface area contributed by atoms with Crippen LogP contribution >= 0.6 is 15.9 Å². The molecule has 0 radical (unpaired) electrons. The number of fused-ring (bicyclic) bond motifs is 10. The van der Waals surface area contributed by atoms with Gasteiger partial charge in [0.15, 0.2) is 0 Å². The molecule has 3 aliphatic heterocycles. The van der Waals surface area contributed by atoms with E-state index >= 15 is 0 Å². The largest absolute Gasteiger partial charge is 0.302 e. The Labute approximate surface area is 168 Å². The predicted molar refractivity (Wildman–Crippen MR) is 105 cm³/mol. The van der Waals surface area contributed by atoms with E-state index in [-0.39, 0.29) is 17.6 Å². The van der Waals surface area contributed by atoms with E-state index < -0.39 is 12.2 Å². The first-order valence-corrected chi connectivity index (χ1v) is 9.69. The SMILES string of the molecule is O=C1c2ccc(Br)cc2C2N1c1ccccc1C1c3cc(F)ccc3C(=O)N12. The Bertz CT molecular complexity index is 1220. The Hall–Kier alpha value is -2.99. The lowest BCUT2D eigenvalue weighted by Crippen LogP contribution is -2.46. The molecule has 0 aliphatic carbocycles. The molecule has 3 aliphatic rings. The molecule has 0 N–H and O–H groups in total. The topological polar surface area (TPSA) is 40.6 Å². The van der Waals surface area contributed by atoms with Crippen LogP contribution in [0.5, 0.6) is 0 Å². The van der Waals surface area contributed by atoms with E-state index in [1.807, 2.05) is 36.4 Å². The zero-order chi connectivity index (χ0) is 19.2. The molecule has 28 heavy (non-hydrogen) atoms. The maximum atomic E-state index is 14.0. The summed E-state index contributed by atoms with van der Waals surface area (Å²) in [7, 11) is 0. The van der Waals surface area contributed by atoms with E-state index in [1.54, 1.807) is 15.9 Å². The van der Waals surface area contributed by atoms with Crippen molar-refractivity contribution in [1.82, 2.24) is 4.90 Å². The normalized spacial score (nSPS) is 21.2. The van der Waals surface area contributed by atoms with Gasteiger partial charge in [-0.15, -0.1) is 0 Å². The quantitative estimate of drug-likeness (QED) is 0.509. The van der Waals surface area contributed by atoms with Gasteiger partial charge in [0.2, 0.25) is 0 Å². The first-order valence-electron chi connectivity index (χ1n) is 8.90. The molecule has 0 bridgehead atoms. The predicted octanol–water partition coefficient (Wildman–Crippen LogP) is 4.81. The van der Waals surface area contributed by atoms with E-state index in [0.717, 1.165) is 21.3 Å². The zero-order valence-corrected chi connectivity index (χ0v) is 16.0. The Morgan fingerprint density at radius 1 is 0.821 bits per heavy atom. The minimum atomic E-state index is -0.553. The molecule has 0 aromatic heterocycles. The Balaban J connectivity index is 1.68. The van der Waals surface area contributed by atoms with Crippen LogP contribution in [0.3, 0.4) is 0 Å². The fourth-order valence-electron chi connectivity index (χ4n) is 4.71. The molecule has 0 spiro atoms. The molecule has 6 rings (SSSR count). The molecule has 3 aromatic carbocycles. The highest BCUT2D eigenvalue weighted by Crippen LogP contribution is 2.55. The van der Waals surface area contributed by atoms with Gasteiger partial charge in [0.05, 0.1) is 11.7 Å². The molecule has 4 nitrogen and oxygen atoms in total. The summed E-state index contributed by atoms with van der Waals surface area (Å²) in [6.07, 6.45) is -0.553. The molecule has 6 heteroatoms. The van der Waals surface area contributed by atoms with Gasteiger partial charge in [-0.05, 0) is 48.0 Å². The highest BCUT2D eigenvalue weighted by molar-refractivity contribution is 9.10. The van der Waals surface area contributed by atoms with Crippen LogP contribution in [0, 0.1) is 5.82 Å². The molecule has 136 valence electrons. The third-order valence-electron chi connectivity index (χ3n) is 5.79. The molecule has 0 saturated carbocycles. The van der Waals surface area contributed by atoms with E-state index in [4.69, 9.17) is 0 Å². The highest BCUT2D eigenvalue weighted by Gasteiger charge is 2.54. The van der Waals surface area contributed by atoms with Crippen molar-refractivity contribution in [1.29, 1.82) is 0 Å². The van der Waals surface area contributed by atoms with Gasteiger partial charge in [-0.3, -0.25) is 14.5 Å². The summed E-state index contributed by atoms with van der Waals surface area (Å²) < 4.78 is 14.9. The number of anilines is 1. The number of para-hydroxylation sites is 1. The van der Waals surface area contributed by atoms with Gasteiger partial charge in [0.25, 0.3) is 11.8 Å². The molecule has 2 atom stereocenters. The summed E-state index contributed by atoms with van der Waals surface area (Å²) in [6.45, 7) is 0. The van der Waals surface area contributed by atoms with E-state index in [9.17, 15) is 14.0 Å². The fraction of sp³-hybridized carbons (Fsp3) is 0.0909. The van der Waals surface area contributed by atoms with E-state index in [2.05, 4.69) is 15.9 Å². The van der Waals surface area contributed by atoms with Gasteiger partial charge >= 0.3 is 0 Å². The van der Waals surface area contributed by atoms with Crippen molar-refractivity contribution in [3.63, 3.8) is 0 Å². The number of benzene rings is 3. The average Bonchev–Trinajstić information content (AvgIpc) is 3.14. The van der Waals surface area contributed by atoms with Gasteiger partial charge < -0.3 is 4.90 Å². The number of amides is 2. The standard InChI is InChI=1S/C22H12BrFN2O2/c23-11-5-7-14-17(9-11)20-25(21(14)27)18-4-2-1-3-15(18)19-16-10-12(24)6-8-13(16)22(28)26(19)20/h1-10,19-20H. The van der Waals surface area contributed by atoms with Gasteiger partial charge in [-0.2, -0.15) is 0 Å². The lowest BCUT2D eigenvalue weighted by atomic mass is 9.93. The number of rotatable bonds is 0. The Morgan fingerprint density at radius 3 is 2.43 bits per heavy atom. The number of carbonyl (C=O) groups is 2. The summed E-state index contributed by atoms with van der Waals surface area (Å²) in [5.41, 5.74) is 4.08. The first-order chi connectivity index (χ1) is 13.6. The van der Waals surface area contributed by atoms with Gasteiger partial charge in [-0.25, -0.2) is 4.39 Å². The van der Waals surface area contributed by atoms with E-state index in [1.165, 1.54) is 18.2 Å². The number of nitrogens with zero attached hydrogens (tertiary/aromatic N) is 2. The Morgan fingerprint density at radius 2 is 1.57 bits per heavy atom. The number of hydrogen-bond donors (Lipinski definition) is 0. The van der Waals surface area contributed by atoms with Gasteiger partial charge in [-0.1, -0.05) is 34.1 Å². The van der Waals surface area contributed by atoms with Crippen LogP contribution in [0.25, 0.3) is 0 Å². The maximum Gasteiger partial charge on any atom is 0.260 e. The Kier molecular flexibility index (Phi) is 3.03. The van der Waals surface area contributed by atoms with Gasteiger partial charge in [0.1, 0.15) is 12.0 Å². The molecule has 3 aromatic rings. The fourth-order valence-corrected chi connectivity index (χ4v) is 5.08. The highest BCUT2D eigenvalue weighted by atomic mass is 79.9. The third kappa shape index (κ3) is 1.83. The zero-order valence-electron chi connectivity index (χ0n) is 14.4. The summed E-state index contributed by atoms with van der Waals surface area (Å²) in [5, 5.41) is 0. The maximum absolute atomic E-state index is 14.0. The van der Waals surface area contributed by atoms with Crippen molar-refractivity contribution < 1.29 is 14.0 Å². The van der Waals surface area contributed by atoms with Crippen LogP contribution in [-0.4, -0.2) is 16.7 Å². The number of hydrogen-bond acceptors (Lipinski definition) is 2. The van der Waals surface area contributed by atoms with Crippen LogP contribution in [0.15, 0.2) is 65.1 Å². The van der Waals surface area contributed by atoms with Crippen molar-refractivity contribution in [3.8, 4) is 0 Å². The first kappa shape index (κ1) is 16.0. The van der Waals surface area contributed by atoms with Gasteiger partial charge in [0, 0.05) is 26.7 Å². The second kappa shape index (κ2) is 5.29. The van der Waals surface area contributed by atoms with Crippen molar-refractivity contribution in [2.75, 3.05) is 4.90 Å².